The fourth-order valence-electron chi connectivity index (χ4n) is 2.70. The number of H-pyrrole nitrogens is 1. The van der Waals surface area contributed by atoms with Gasteiger partial charge in [-0.2, -0.15) is 5.10 Å². The maximum atomic E-state index is 12.4. The van der Waals surface area contributed by atoms with E-state index >= 15 is 0 Å². The van der Waals surface area contributed by atoms with Crippen molar-refractivity contribution in [2.24, 2.45) is 0 Å². The van der Waals surface area contributed by atoms with Crippen molar-refractivity contribution in [1.29, 1.82) is 0 Å². The molecule has 2 radical (unpaired) electrons. The molecule has 2 aromatic rings. The molecule has 0 unspecified atom stereocenters. The molecule has 8 heteroatoms. The molecular weight excluding hydrogens is 281 g/mol. The molecule has 1 amide bonds. The average Bonchev–Trinajstić information content (AvgIpc) is 2.64. The largest absolute Gasteiger partial charge is 0.351 e. The minimum atomic E-state index is -0.449. The molecule has 22 heavy (non-hydrogen) atoms. The minimum absolute atomic E-state index is 0.00762. The van der Waals surface area contributed by atoms with Gasteiger partial charge in [0, 0.05) is 13.1 Å². The fraction of sp³-hybridized carbons (Fsp3) is 0.571. The number of likely N-dealkylation sites (tertiary alicyclic amines) is 1. The van der Waals surface area contributed by atoms with Crippen LogP contribution in [0.1, 0.15) is 38.2 Å². The number of aromatic amines is 1. The summed E-state index contributed by atoms with van der Waals surface area (Å²) in [5.74, 6) is 0.142. The number of amides is 1. The number of aryl methyl sites for hydroxylation is 1. The Kier molecular flexibility index (Phi) is 3.16. The Hall–Kier alpha value is -2.12. The van der Waals surface area contributed by atoms with Crippen molar-refractivity contribution in [2.45, 2.75) is 39.2 Å². The van der Waals surface area contributed by atoms with Crippen LogP contribution in [0.15, 0.2) is 4.79 Å². The van der Waals surface area contributed by atoms with Gasteiger partial charge < -0.3 is 9.88 Å². The van der Waals surface area contributed by atoms with Crippen molar-refractivity contribution in [1.82, 2.24) is 24.6 Å². The van der Waals surface area contributed by atoms with Crippen LogP contribution in [0.4, 0.5) is 4.79 Å². The van der Waals surface area contributed by atoms with Crippen molar-refractivity contribution < 1.29 is 4.79 Å². The predicted molar refractivity (Wildman–Crippen MR) is 83.3 cm³/mol. The Morgan fingerprint density at radius 3 is 2.55 bits per heavy atom. The van der Waals surface area contributed by atoms with E-state index < -0.39 is 5.81 Å². The van der Waals surface area contributed by atoms with Gasteiger partial charge in [-0.3, -0.25) is 9.59 Å². The summed E-state index contributed by atoms with van der Waals surface area (Å²) < 4.78 is 1.78. The number of carbonyl (C=O) groups excluding carboxylic acids is 1. The lowest BCUT2D eigenvalue weighted by Crippen LogP contribution is -2.49. The van der Waals surface area contributed by atoms with Crippen LogP contribution in [-0.2, 0) is 5.54 Å². The number of carbonyl (C=O) groups is 1. The van der Waals surface area contributed by atoms with Gasteiger partial charge in [0.1, 0.15) is 11.2 Å². The van der Waals surface area contributed by atoms with Crippen LogP contribution >= 0.6 is 0 Å². The number of nitrogens with one attached hydrogen (secondary N) is 1. The smallest absolute Gasteiger partial charge is 0.262 e. The third-order valence-electron chi connectivity index (χ3n) is 3.95. The third-order valence-corrected chi connectivity index (χ3v) is 3.95. The molecule has 114 valence electrons. The summed E-state index contributed by atoms with van der Waals surface area (Å²) in [4.78, 5) is 32.4. The second kappa shape index (κ2) is 4.69. The summed E-state index contributed by atoms with van der Waals surface area (Å²) in [6, 6.07) is 0. The molecule has 1 aliphatic rings. The number of hydrogen-bond donors (Lipinski definition) is 1. The first-order valence-corrected chi connectivity index (χ1v) is 7.23. The SMILES string of the molecule is [B]C(=O)N1CC(c2nc3c(c(C)nn3C(C)(C)C)c(=O)[nH]2)C1. The first-order chi connectivity index (χ1) is 10.2. The molecule has 7 nitrogen and oxygen atoms in total. The summed E-state index contributed by atoms with van der Waals surface area (Å²) in [6.45, 7) is 8.80. The van der Waals surface area contributed by atoms with E-state index in [1.54, 1.807) is 11.6 Å². The first-order valence-electron chi connectivity index (χ1n) is 7.23. The van der Waals surface area contributed by atoms with E-state index in [-0.39, 0.29) is 17.0 Å². The van der Waals surface area contributed by atoms with E-state index in [2.05, 4.69) is 15.1 Å². The predicted octanol–water partition coefficient (Wildman–Crippen LogP) is 0.871. The van der Waals surface area contributed by atoms with E-state index in [4.69, 9.17) is 7.85 Å². The number of fused-ring (bicyclic) bond motifs is 1. The van der Waals surface area contributed by atoms with E-state index in [9.17, 15) is 9.59 Å². The van der Waals surface area contributed by atoms with Crippen LogP contribution in [0.25, 0.3) is 11.0 Å². The summed E-state index contributed by atoms with van der Waals surface area (Å²) >= 11 is 0. The zero-order chi connectivity index (χ0) is 16.2. The van der Waals surface area contributed by atoms with E-state index in [0.29, 0.717) is 35.6 Å². The second-order valence-corrected chi connectivity index (χ2v) is 6.76. The molecule has 0 aromatic carbocycles. The van der Waals surface area contributed by atoms with Gasteiger partial charge in [0.25, 0.3) is 5.56 Å². The van der Waals surface area contributed by atoms with Gasteiger partial charge >= 0.3 is 0 Å². The van der Waals surface area contributed by atoms with E-state index in [0.717, 1.165) is 0 Å². The summed E-state index contributed by atoms with van der Waals surface area (Å²) in [6.07, 6.45) is 0. The van der Waals surface area contributed by atoms with Crippen molar-refractivity contribution in [2.75, 3.05) is 13.1 Å². The van der Waals surface area contributed by atoms with Crippen molar-refractivity contribution >= 4 is 24.7 Å². The standard InChI is InChI=1S/C14H18BN5O2/c1-7-9-11(20(18-7)14(2,3)4)16-10(17-12(9)21)8-5-19(6-8)13(15)22/h8H,5-6H2,1-4H3,(H,16,17,21). The highest BCUT2D eigenvalue weighted by Gasteiger charge is 2.32. The molecule has 3 heterocycles. The van der Waals surface area contributed by atoms with Crippen LogP contribution in [0.2, 0.25) is 0 Å². The van der Waals surface area contributed by atoms with Gasteiger partial charge in [-0.1, -0.05) is 0 Å². The minimum Gasteiger partial charge on any atom is -0.351 e. The zero-order valence-electron chi connectivity index (χ0n) is 13.2. The van der Waals surface area contributed by atoms with Crippen molar-refractivity contribution in [3.05, 3.63) is 21.9 Å². The Morgan fingerprint density at radius 1 is 1.36 bits per heavy atom. The lowest BCUT2D eigenvalue weighted by atomic mass is 9.95. The van der Waals surface area contributed by atoms with Crippen molar-refractivity contribution in [3.8, 4) is 0 Å². The van der Waals surface area contributed by atoms with Gasteiger partial charge in [0.2, 0.25) is 7.85 Å². The molecule has 1 saturated heterocycles. The Balaban J connectivity index is 2.08. The molecule has 3 rings (SSSR count). The summed E-state index contributed by atoms with van der Waals surface area (Å²) in [5, 5.41) is 4.98. The zero-order valence-corrected chi connectivity index (χ0v) is 13.2. The average molecular weight is 299 g/mol. The molecule has 0 spiro atoms. The normalized spacial score (nSPS) is 16.1. The van der Waals surface area contributed by atoms with E-state index in [1.807, 2.05) is 20.8 Å². The molecule has 1 N–H and O–H groups in total. The molecule has 1 aliphatic heterocycles. The number of aromatic nitrogens is 4. The summed E-state index contributed by atoms with van der Waals surface area (Å²) in [7, 11) is 5.22. The monoisotopic (exact) mass is 299 g/mol. The molecule has 0 aliphatic carbocycles. The Labute approximate surface area is 129 Å². The second-order valence-electron chi connectivity index (χ2n) is 6.76. The van der Waals surface area contributed by atoms with Gasteiger partial charge in [0.15, 0.2) is 11.5 Å². The van der Waals surface area contributed by atoms with Crippen LogP contribution in [-0.4, -0.2) is 51.4 Å². The maximum absolute atomic E-state index is 12.4. The highest BCUT2D eigenvalue weighted by atomic mass is 16.2. The lowest BCUT2D eigenvalue weighted by molar-refractivity contribution is 0.170. The Morgan fingerprint density at radius 2 is 2.00 bits per heavy atom. The Bertz CT molecular complexity index is 811. The molecular formula is C14H18BN5O2. The number of nitrogens with zero attached hydrogens (tertiary/aromatic N) is 4. The fourth-order valence-corrected chi connectivity index (χ4v) is 2.70. The molecule has 0 bridgehead atoms. The lowest BCUT2D eigenvalue weighted by Gasteiger charge is -2.38. The molecule has 0 atom stereocenters. The maximum Gasteiger partial charge on any atom is 0.262 e. The highest BCUT2D eigenvalue weighted by Crippen LogP contribution is 2.26. The van der Waals surface area contributed by atoms with Crippen LogP contribution in [0.3, 0.4) is 0 Å². The number of hydrogen-bond acceptors (Lipinski definition) is 4. The summed E-state index contributed by atoms with van der Waals surface area (Å²) in [5.41, 5.74) is 0.785. The topological polar surface area (TPSA) is 83.9 Å². The number of rotatable bonds is 1. The molecule has 0 saturated carbocycles. The van der Waals surface area contributed by atoms with Gasteiger partial charge in [0.05, 0.1) is 17.2 Å². The van der Waals surface area contributed by atoms with Crippen molar-refractivity contribution in [3.63, 3.8) is 0 Å². The first kappa shape index (κ1) is 14.8. The van der Waals surface area contributed by atoms with Gasteiger partial charge in [-0.05, 0) is 27.7 Å². The van der Waals surface area contributed by atoms with Gasteiger partial charge in [-0.15, -0.1) is 0 Å². The van der Waals surface area contributed by atoms with Crippen LogP contribution in [0, 0.1) is 6.92 Å². The van der Waals surface area contributed by atoms with Crippen LogP contribution < -0.4 is 5.56 Å². The molecule has 1 fully saturated rings. The molecule has 2 aromatic heterocycles. The third kappa shape index (κ3) is 2.22. The van der Waals surface area contributed by atoms with Gasteiger partial charge in [-0.25, -0.2) is 9.67 Å². The quantitative estimate of drug-likeness (QED) is 0.792. The van der Waals surface area contributed by atoms with E-state index in [1.165, 1.54) is 4.90 Å². The highest BCUT2D eigenvalue weighted by molar-refractivity contribution is 6.57. The van der Waals surface area contributed by atoms with Crippen LogP contribution in [0.5, 0.6) is 0 Å².